The number of nitrogens with two attached hydrogens (primary N) is 1. The number of thioether (sulfide) groups is 1. The molecule has 5 nitrogen and oxygen atoms in total. The van der Waals surface area contributed by atoms with Crippen molar-refractivity contribution in [3.63, 3.8) is 0 Å². The molecule has 7 heteroatoms. The van der Waals surface area contributed by atoms with Gasteiger partial charge in [-0.2, -0.15) is 0 Å². The van der Waals surface area contributed by atoms with Gasteiger partial charge in [0.1, 0.15) is 0 Å². The molecule has 3 rings (SSSR count). The van der Waals surface area contributed by atoms with E-state index in [9.17, 15) is 4.39 Å². The minimum absolute atomic E-state index is 0.229. The van der Waals surface area contributed by atoms with Crippen LogP contribution in [0.4, 0.5) is 4.39 Å². The van der Waals surface area contributed by atoms with E-state index in [1.807, 2.05) is 36.4 Å². The highest BCUT2D eigenvalue weighted by molar-refractivity contribution is 7.98. The fourth-order valence-electron chi connectivity index (χ4n) is 2.11. The standard InChI is InChI=1S/C16H15FN4OS/c1-22-14-8-7-11(9-13(14)17)10-23-16-20-19-15(21(16)18)12-5-3-2-4-6-12/h2-9H,10,18H2,1H3. The predicted molar refractivity (Wildman–Crippen MR) is 88.1 cm³/mol. The van der Waals surface area contributed by atoms with E-state index in [4.69, 9.17) is 10.6 Å². The van der Waals surface area contributed by atoms with Crippen molar-refractivity contribution in [2.75, 3.05) is 13.0 Å². The van der Waals surface area contributed by atoms with Crippen molar-refractivity contribution in [3.8, 4) is 17.1 Å². The van der Waals surface area contributed by atoms with E-state index in [1.54, 1.807) is 6.07 Å². The summed E-state index contributed by atoms with van der Waals surface area (Å²) in [6.07, 6.45) is 0. The molecule has 0 bridgehead atoms. The summed E-state index contributed by atoms with van der Waals surface area (Å²) in [7, 11) is 1.44. The number of nitrogens with zero attached hydrogens (tertiary/aromatic N) is 3. The predicted octanol–water partition coefficient (Wildman–Crippen LogP) is 3.10. The lowest BCUT2D eigenvalue weighted by atomic mass is 10.2. The van der Waals surface area contributed by atoms with Gasteiger partial charge in [-0.25, -0.2) is 9.07 Å². The highest BCUT2D eigenvalue weighted by Crippen LogP contribution is 2.26. The minimum Gasteiger partial charge on any atom is -0.494 e. The molecule has 0 spiro atoms. The molecule has 1 heterocycles. The molecule has 0 unspecified atom stereocenters. The second-order valence-corrected chi connectivity index (χ2v) is 5.74. The molecule has 0 aliphatic heterocycles. The lowest BCUT2D eigenvalue weighted by Gasteiger charge is -2.06. The zero-order valence-corrected chi connectivity index (χ0v) is 13.3. The molecule has 0 amide bonds. The molecular weight excluding hydrogens is 315 g/mol. The van der Waals surface area contributed by atoms with Crippen LogP contribution >= 0.6 is 11.8 Å². The number of halogens is 1. The monoisotopic (exact) mass is 330 g/mol. The van der Waals surface area contributed by atoms with Crippen LogP contribution in [0.5, 0.6) is 5.75 Å². The van der Waals surface area contributed by atoms with E-state index in [-0.39, 0.29) is 11.6 Å². The highest BCUT2D eigenvalue weighted by atomic mass is 32.2. The van der Waals surface area contributed by atoms with Crippen LogP contribution in [0.1, 0.15) is 5.56 Å². The van der Waals surface area contributed by atoms with Crippen molar-refractivity contribution < 1.29 is 9.13 Å². The second kappa shape index (κ2) is 6.70. The maximum absolute atomic E-state index is 13.7. The fourth-order valence-corrected chi connectivity index (χ4v) is 2.91. The van der Waals surface area contributed by atoms with Gasteiger partial charge in [0.25, 0.3) is 0 Å². The first-order valence-electron chi connectivity index (χ1n) is 6.90. The molecule has 0 saturated heterocycles. The van der Waals surface area contributed by atoms with Crippen LogP contribution in [-0.4, -0.2) is 22.0 Å². The van der Waals surface area contributed by atoms with Gasteiger partial charge in [0, 0.05) is 11.3 Å². The Kier molecular flexibility index (Phi) is 4.47. The average molecular weight is 330 g/mol. The molecule has 2 aromatic carbocycles. The van der Waals surface area contributed by atoms with Crippen molar-refractivity contribution >= 4 is 11.8 Å². The number of nitrogen functional groups attached to an aromatic ring is 1. The van der Waals surface area contributed by atoms with E-state index in [0.717, 1.165) is 11.1 Å². The maximum Gasteiger partial charge on any atom is 0.210 e. The highest BCUT2D eigenvalue weighted by Gasteiger charge is 2.12. The number of aromatic nitrogens is 3. The summed E-state index contributed by atoms with van der Waals surface area (Å²) < 4.78 is 20.0. The van der Waals surface area contributed by atoms with Crippen LogP contribution < -0.4 is 10.6 Å². The largest absolute Gasteiger partial charge is 0.494 e. The normalized spacial score (nSPS) is 10.7. The van der Waals surface area contributed by atoms with Gasteiger partial charge < -0.3 is 10.6 Å². The number of benzene rings is 2. The SMILES string of the molecule is COc1ccc(CSc2nnc(-c3ccccc3)n2N)cc1F. The third kappa shape index (κ3) is 3.29. The number of hydrogen-bond donors (Lipinski definition) is 1. The van der Waals surface area contributed by atoms with Crippen LogP contribution in [0, 0.1) is 5.82 Å². The minimum atomic E-state index is -0.384. The molecule has 0 atom stereocenters. The third-order valence-electron chi connectivity index (χ3n) is 3.28. The Balaban J connectivity index is 1.74. The van der Waals surface area contributed by atoms with Crippen molar-refractivity contribution in [2.45, 2.75) is 10.9 Å². The smallest absolute Gasteiger partial charge is 0.210 e. The Hall–Kier alpha value is -2.54. The molecule has 23 heavy (non-hydrogen) atoms. The summed E-state index contributed by atoms with van der Waals surface area (Å²) in [5.74, 6) is 7.02. The Morgan fingerprint density at radius 3 is 2.65 bits per heavy atom. The first-order chi connectivity index (χ1) is 11.2. The summed E-state index contributed by atoms with van der Waals surface area (Å²) in [6, 6.07) is 14.4. The molecular formula is C16H15FN4OS. The van der Waals surface area contributed by atoms with Crippen LogP contribution in [0.15, 0.2) is 53.7 Å². The Morgan fingerprint density at radius 1 is 1.17 bits per heavy atom. The van der Waals surface area contributed by atoms with Gasteiger partial charge in [0.15, 0.2) is 17.4 Å². The molecule has 0 radical (unpaired) electrons. The van der Waals surface area contributed by atoms with E-state index in [2.05, 4.69) is 10.2 Å². The first kappa shape index (κ1) is 15.4. The van der Waals surface area contributed by atoms with Crippen molar-refractivity contribution in [1.29, 1.82) is 0 Å². The van der Waals surface area contributed by atoms with E-state index in [0.29, 0.717) is 16.7 Å². The van der Waals surface area contributed by atoms with Crippen molar-refractivity contribution in [3.05, 3.63) is 59.9 Å². The van der Waals surface area contributed by atoms with Gasteiger partial charge in [-0.3, -0.25) is 0 Å². The fraction of sp³-hybridized carbons (Fsp3) is 0.125. The van der Waals surface area contributed by atoms with Gasteiger partial charge in [0.2, 0.25) is 5.16 Å². The Bertz CT molecular complexity index is 807. The van der Waals surface area contributed by atoms with Gasteiger partial charge in [-0.1, -0.05) is 48.2 Å². The summed E-state index contributed by atoms with van der Waals surface area (Å²) in [4.78, 5) is 0. The zero-order valence-electron chi connectivity index (χ0n) is 12.4. The molecule has 2 N–H and O–H groups in total. The van der Waals surface area contributed by atoms with Crippen LogP contribution in [0.25, 0.3) is 11.4 Å². The van der Waals surface area contributed by atoms with Crippen LogP contribution in [-0.2, 0) is 5.75 Å². The second-order valence-electron chi connectivity index (χ2n) is 4.80. The first-order valence-corrected chi connectivity index (χ1v) is 7.88. The molecule has 1 aromatic heterocycles. The number of hydrogen-bond acceptors (Lipinski definition) is 5. The average Bonchev–Trinajstić information content (AvgIpc) is 2.94. The lowest BCUT2D eigenvalue weighted by Crippen LogP contribution is -2.11. The van der Waals surface area contributed by atoms with E-state index in [1.165, 1.54) is 29.6 Å². The molecule has 0 aliphatic rings. The summed E-state index contributed by atoms with van der Waals surface area (Å²) >= 11 is 1.39. The van der Waals surface area contributed by atoms with Crippen LogP contribution in [0.3, 0.4) is 0 Å². The number of rotatable bonds is 5. The van der Waals surface area contributed by atoms with E-state index >= 15 is 0 Å². The summed E-state index contributed by atoms with van der Waals surface area (Å²) in [5, 5.41) is 8.78. The molecule has 0 saturated carbocycles. The number of methoxy groups -OCH3 is 1. The topological polar surface area (TPSA) is 66.0 Å². The van der Waals surface area contributed by atoms with Crippen molar-refractivity contribution in [1.82, 2.24) is 14.9 Å². The number of ether oxygens (including phenoxy) is 1. The maximum atomic E-state index is 13.7. The van der Waals surface area contributed by atoms with Gasteiger partial charge in [-0.15, -0.1) is 10.2 Å². The molecule has 0 aliphatic carbocycles. The summed E-state index contributed by atoms with van der Waals surface area (Å²) in [6.45, 7) is 0. The quantitative estimate of drug-likeness (QED) is 0.575. The Labute approximate surface area is 137 Å². The van der Waals surface area contributed by atoms with Gasteiger partial charge >= 0.3 is 0 Å². The molecule has 118 valence electrons. The zero-order chi connectivity index (χ0) is 16.2. The molecule has 3 aromatic rings. The van der Waals surface area contributed by atoms with E-state index < -0.39 is 0 Å². The van der Waals surface area contributed by atoms with Crippen molar-refractivity contribution in [2.24, 2.45) is 0 Å². The van der Waals surface area contributed by atoms with Crippen LogP contribution in [0.2, 0.25) is 0 Å². The van der Waals surface area contributed by atoms with Gasteiger partial charge in [0.05, 0.1) is 7.11 Å². The Morgan fingerprint density at radius 2 is 1.96 bits per heavy atom. The van der Waals surface area contributed by atoms with Gasteiger partial charge in [-0.05, 0) is 17.7 Å². The summed E-state index contributed by atoms with van der Waals surface area (Å²) in [5.41, 5.74) is 1.71. The lowest BCUT2D eigenvalue weighted by molar-refractivity contribution is 0.386. The molecule has 0 fully saturated rings. The third-order valence-corrected chi connectivity index (χ3v) is 4.29.